The number of aliphatic hydroxyl groups excluding tert-OH is 1. The first-order valence-corrected chi connectivity index (χ1v) is 10.3. The molecule has 148 valence electrons. The second-order valence-electron chi connectivity index (χ2n) is 7.40. The molecular weight excluding hydrogens is 314 g/mol. The van der Waals surface area contributed by atoms with Gasteiger partial charge in [-0.25, -0.2) is 0 Å². The summed E-state index contributed by atoms with van der Waals surface area (Å²) in [5, 5.41) is 22.2. The van der Waals surface area contributed by atoms with Crippen LogP contribution in [0, 0.1) is 0 Å². The molecule has 0 aliphatic rings. The van der Waals surface area contributed by atoms with Crippen LogP contribution in [0.3, 0.4) is 0 Å². The molecule has 0 bridgehead atoms. The Balaban J connectivity index is 5.18. The molecule has 1 N–H and O–H groups in total. The quantitative estimate of drug-likeness (QED) is 0.262. The molecule has 4 nitrogen and oxygen atoms in total. The Morgan fingerprint density at radius 2 is 1.52 bits per heavy atom. The summed E-state index contributed by atoms with van der Waals surface area (Å²) >= 11 is 0. The normalized spacial score (nSPS) is 14.8. The Labute approximate surface area is 155 Å². The fourth-order valence-corrected chi connectivity index (χ4v) is 3.43. The molecule has 0 aromatic carbocycles. The first kappa shape index (κ1) is 24.1. The fraction of sp³-hybridized carbons (Fsp3) is 0.857. The number of nitrogens with zero attached hydrogens (tertiary/aromatic N) is 1. The van der Waals surface area contributed by atoms with Crippen LogP contribution in [-0.2, 0) is 4.79 Å². The Kier molecular flexibility index (Phi) is 13.8. The third-order valence-corrected chi connectivity index (χ3v) is 5.21. The minimum absolute atomic E-state index is 0.432. The van der Waals surface area contributed by atoms with Gasteiger partial charge in [0.05, 0.1) is 19.1 Å². The van der Waals surface area contributed by atoms with E-state index < -0.39 is 18.1 Å². The standard InChI is InChI=1S/C21H41NO3/c1-5-8-11-12-15-20(23)18-22(16-13-9-6-2,17-14-10-7-3)19(4)21(24)25/h12,15,19-20,23H,5-11,13-14,16-18H2,1-4H3/b15-12+. The summed E-state index contributed by atoms with van der Waals surface area (Å²) in [7, 11) is 0. The maximum atomic E-state index is 11.7. The number of carbonyl (C=O) groups is 1. The van der Waals surface area contributed by atoms with Crippen molar-refractivity contribution in [3.63, 3.8) is 0 Å². The minimum Gasteiger partial charge on any atom is -0.544 e. The van der Waals surface area contributed by atoms with Crippen molar-refractivity contribution in [2.24, 2.45) is 0 Å². The van der Waals surface area contributed by atoms with Gasteiger partial charge in [0.1, 0.15) is 18.7 Å². The molecule has 0 amide bonds. The molecule has 0 saturated heterocycles. The minimum atomic E-state index is -1.00. The van der Waals surface area contributed by atoms with Crippen molar-refractivity contribution in [1.82, 2.24) is 0 Å². The van der Waals surface area contributed by atoms with Crippen LogP contribution in [0.4, 0.5) is 0 Å². The average molecular weight is 356 g/mol. The largest absolute Gasteiger partial charge is 0.544 e. The monoisotopic (exact) mass is 355 g/mol. The van der Waals surface area contributed by atoms with E-state index in [1.807, 2.05) is 12.2 Å². The molecule has 0 aliphatic heterocycles. The van der Waals surface area contributed by atoms with Gasteiger partial charge in [0.15, 0.2) is 0 Å². The van der Waals surface area contributed by atoms with Crippen molar-refractivity contribution in [3.8, 4) is 0 Å². The van der Waals surface area contributed by atoms with Crippen LogP contribution in [0.25, 0.3) is 0 Å². The summed E-state index contributed by atoms with van der Waals surface area (Å²) in [6.45, 7) is 10.3. The highest BCUT2D eigenvalue weighted by Crippen LogP contribution is 2.20. The number of aliphatic hydroxyl groups is 1. The van der Waals surface area contributed by atoms with E-state index in [0.717, 1.165) is 70.9 Å². The van der Waals surface area contributed by atoms with Gasteiger partial charge >= 0.3 is 0 Å². The number of quaternary nitrogens is 1. The molecule has 0 rings (SSSR count). The summed E-state index contributed by atoms with van der Waals surface area (Å²) in [4.78, 5) is 11.7. The highest BCUT2D eigenvalue weighted by Gasteiger charge is 2.35. The molecule has 0 aromatic rings. The number of aliphatic carboxylic acids is 1. The lowest BCUT2D eigenvalue weighted by molar-refractivity contribution is -0.945. The van der Waals surface area contributed by atoms with E-state index in [1.54, 1.807) is 6.92 Å². The molecule has 0 heterocycles. The van der Waals surface area contributed by atoms with Crippen molar-refractivity contribution < 1.29 is 19.5 Å². The third kappa shape index (κ3) is 10.0. The van der Waals surface area contributed by atoms with E-state index in [2.05, 4.69) is 20.8 Å². The van der Waals surface area contributed by atoms with Gasteiger partial charge in [-0.3, -0.25) is 0 Å². The van der Waals surface area contributed by atoms with Gasteiger partial charge in [-0.1, -0.05) is 58.6 Å². The van der Waals surface area contributed by atoms with Gasteiger partial charge in [0.25, 0.3) is 0 Å². The molecular formula is C21H41NO3. The Morgan fingerprint density at radius 1 is 1.00 bits per heavy atom. The van der Waals surface area contributed by atoms with Crippen LogP contribution in [0.5, 0.6) is 0 Å². The van der Waals surface area contributed by atoms with Crippen LogP contribution in [-0.4, -0.2) is 47.3 Å². The molecule has 2 unspecified atom stereocenters. The Morgan fingerprint density at radius 3 is 1.96 bits per heavy atom. The molecule has 0 aromatic heterocycles. The number of allylic oxidation sites excluding steroid dienone is 1. The number of rotatable bonds is 16. The number of carboxylic acid groups (broad SMARTS) is 1. The lowest BCUT2D eigenvalue weighted by atomic mass is 10.1. The lowest BCUT2D eigenvalue weighted by Gasteiger charge is -2.45. The third-order valence-electron chi connectivity index (χ3n) is 5.21. The van der Waals surface area contributed by atoms with Crippen LogP contribution < -0.4 is 5.11 Å². The van der Waals surface area contributed by atoms with Crippen molar-refractivity contribution in [1.29, 1.82) is 0 Å². The van der Waals surface area contributed by atoms with Crippen molar-refractivity contribution in [3.05, 3.63) is 12.2 Å². The van der Waals surface area contributed by atoms with Gasteiger partial charge in [-0.15, -0.1) is 0 Å². The van der Waals surface area contributed by atoms with Gasteiger partial charge in [0.2, 0.25) is 0 Å². The van der Waals surface area contributed by atoms with Crippen LogP contribution in [0.1, 0.15) is 85.5 Å². The molecule has 0 aliphatic carbocycles. The van der Waals surface area contributed by atoms with E-state index in [1.165, 1.54) is 0 Å². The van der Waals surface area contributed by atoms with Crippen molar-refractivity contribution in [2.45, 2.75) is 97.6 Å². The number of carboxylic acids is 1. The van der Waals surface area contributed by atoms with Gasteiger partial charge in [-0.05, 0) is 39.0 Å². The topological polar surface area (TPSA) is 60.4 Å². The number of carbonyl (C=O) groups excluding carboxylic acids is 1. The SMILES string of the molecule is CCCC/C=C/C(O)C[N+](CCCCC)(CCCCC)C(C)C(=O)[O-]. The molecule has 25 heavy (non-hydrogen) atoms. The van der Waals surface area contributed by atoms with Crippen LogP contribution >= 0.6 is 0 Å². The lowest BCUT2D eigenvalue weighted by Crippen LogP contribution is -2.63. The molecule has 4 heteroatoms. The maximum Gasteiger partial charge on any atom is 0.126 e. The second kappa shape index (κ2) is 14.3. The van der Waals surface area contributed by atoms with Gasteiger partial charge in [0, 0.05) is 0 Å². The molecule has 2 atom stereocenters. The number of hydrogen-bond acceptors (Lipinski definition) is 3. The fourth-order valence-electron chi connectivity index (χ4n) is 3.43. The Bertz CT molecular complexity index is 358. The predicted octanol–water partition coefficient (Wildman–Crippen LogP) is 3.43. The van der Waals surface area contributed by atoms with Crippen molar-refractivity contribution >= 4 is 5.97 Å². The molecule has 0 radical (unpaired) electrons. The first-order chi connectivity index (χ1) is 11.9. The van der Waals surface area contributed by atoms with Crippen molar-refractivity contribution in [2.75, 3.05) is 19.6 Å². The van der Waals surface area contributed by atoms with E-state index in [0.29, 0.717) is 11.0 Å². The zero-order valence-electron chi connectivity index (χ0n) is 17.0. The van der Waals surface area contributed by atoms with E-state index in [9.17, 15) is 15.0 Å². The van der Waals surface area contributed by atoms with Gasteiger partial charge < -0.3 is 19.5 Å². The first-order valence-electron chi connectivity index (χ1n) is 10.3. The summed E-state index contributed by atoms with van der Waals surface area (Å²) in [6, 6.07) is -0.590. The number of hydrogen-bond donors (Lipinski definition) is 1. The predicted molar refractivity (Wildman–Crippen MR) is 103 cm³/mol. The van der Waals surface area contributed by atoms with Crippen LogP contribution in [0.15, 0.2) is 12.2 Å². The summed E-state index contributed by atoms with van der Waals surface area (Å²) < 4.78 is 0.432. The zero-order valence-corrected chi connectivity index (χ0v) is 17.0. The highest BCUT2D eigenvalue weighted by molar-refractivity contribution is 5.69. The summed E-state index contributed by atoms with van der Waals surface area (Å²) in [6.07, 6.45) is 12.9. The maximum absolute atomic E-state index is 11.7. The average Bonchev–Trinajstić information content (AvgIpc) is 2.58. The summed E-state index contributed by atoms with van der Waals surface area (Å²) in [5.41, 5.74) is 0. The molecule has 0 spiro atoms. The van der Waals surface area contributed by atoms with Crippen LogP contribution in [0.2, 0.25) is 0 Å². The smallest absolute Gasteiger partial charge is 0.126 e. The highest BCUT2D eigenvalue weighted by atomic mass is 16.4. The second-order valence-corrected chi connectivity index (χ2v) is 7.40. The van der Waals surface area contributed by atoms with Gasteiger partial charge in [-0.2, -0.15) is 0 Å². The van der Waals surface area contributed by atoms with E-state index in [4.69, 9.17) is 0 Å². The Hall–Kier alpha value is -0.870. The molecule has 0 fully saturated rings. The summed E-state index contributed by atoms with van der Waals surface area (Å²) in [5.74, 6) is -1.00. The zero-order chi connectivity index (χ0) is 19.1. The number of unbranched alkanes of at least 4 members (excludes halogenated alkanes) is 6. The van der Waals surface area contributed by atoms with E-state index >= 15 is 0 Å². The van der Waals surface area contributed by atoms with E-state index in [-0.39, 0.29) is 0 Å². The molecule has 0 saturated carbocycles.